The summed E-state index contributed by atoms with van der Waals surface area (Å²) in [6, 6.07) is 0. The molecule has 0 aromatic carbocycles. The smallest absolute Gasteiger partial charge is 0.0748 e. The highest BCUT2D eigenvalue weighted by atomic mass is 32.1. The van der Waals surface area contributed by atoms with Crippen LogP contribution in [0.15, 0.2) is 12.7 Å². The van der Waals surface area contributed by atoms with Crippen LogP contribution in [-0.4, -0.2) is 23.5 Å². The Balaban J connectivity index is 3.46. The summed E-state index contributed by atoms with van der Waals surface area (Å²) >= 11 is 4.86. The second kappa shape index (κ2) is 3.61. The van der Waals surface area contributed by atoms with Crippen LogP contribution in [0.5, 0.6) is 0 Å². The summed E-state index contributed by atoms with van der Waals surface area (Å²) in [5, 5.41) is 0. The minimum Gasteiger partial charge on any atom is -0.366 e. The van der Waals surface area contributed by atoms with Crippen LogP contribution < -0.4 is 0 Å². The minimum absolute atomic E-state index is 0.843. The van der Waals surface area contributed by atoms with Crippen LogP contribution in [0.25, 0.3) is 0 Å². The van der Waals surface area contributed by atoms with Gasteiger partial charge >= 0.3 is 0 Å². The van der Waals surface area contributed by atoms with Crippen molar-refractivity contribution in [2.75, 3.05) is 13.6 Å². The highest BCUT2D eigenvalue weighted by Gasteiger charge is 1.90. The molecule has 0 bridgehead atoms. The number of hydrogen-bond acceptors (Lipinski definition) is 1. The third kappa shape index (κ3) is 2.75. The van der Waals surface area contributed by atoms with Gasteiger partial charge in [-0.05, 0) is 6.92 Å². The lowest BCUT2D eigenvalue weighted by Crippen LogP contribution is -2.21. The van der Waals surface area contributed by atoms with Crippen molar-refractivity contribution in [2.45, 2.75) is 6.92 Å². The monoisotopic (exact) mass is 129 g/mol. The molecule has 0 radical (unpaired) electrons. The zero-order valence-corrected chi connectivity index (χ0v) is 6.16. The molecule has 46 valence electrons. The van der Waals surface area contributed by atoms with E-state index in [1.807, 2.05) is 24.9 Å². The van der Waals surface area contributed by atoms with Crippen molar-refractivity contribution in [3.63, 3.8) is 0 Å². The maximum atomic E-state index is 4.86. The van der Waals surface area contributed by atoms with Crippen molar-refractivity contribution >= 4 is 17.2 Å². The van der Waals surface area contributed by atoms with Crippen LogP contribution in [0.3, 0.4) is 0 Å². The van der Waals surface area contributed by atoms with E-state index in [0.717, 1.165) is 11.5 Å². The molecule has 0 rings (SSSR count). The molecule has 0 saturated heterocycles. The molecule has 0 aliphatic heterocycles. The molecule has 0 aliphatic rings. The van der Waals surface area contributed by atoms with Crippen LogP contribution in [0.2, 0.25) is 0 Å². The molecule has 0 aromatic rings. The standard InChI is InChI=1S/C6H11NS/c1-4-5-7(3)6(2)8/h4H,1,5H2,2-3H3. The van der Waals surface area contributed by atoms with E-state index in [0.29, 0.717) is 0 Å². The van der Waals surface area contributed by atoms with Gasteiger partial charge in [-0.2, -0.15) is 0 Å². The third-order valence-corrected chi connectivity index (χ3v) is 1.25. The van der Waals surface area contributed by atoms with Gasteiger partial charge in [-0.25, -0.2) is 0 Å². The lowest BCUT2D eigenvalue weighted by atomic mass is 10.5. The Bertz CT molecular complexity index is 98.7. The SMILES string of the molecule is C=CCN(C)C(C)=S. The van der Waals surface area contributed by atoms with Crippen LogP contribution in [-0.2, 0) is 0 Å². The van der Waals surface area contributed by atoms with Gasteiger partial charge in [0.25, 0.3) is 0 Å². The topological polar surface area (TPSA) is 3.24 Å². The summed E-state index contributed by atoms with van der Waals surface area (Å²) in [4.78, 5) is 2.87. The maximum Gasteiger partial charge on any atom is 0.0748 e. The fraction of sp³-hybridized carbons (Fsp3) is 0.500. The molecule has 0 aromatic heterocycles. The fourth-order valence-electron chi connectivity index (χ4n) is 0.322. The average Bonchev–Trinajstić information content (AvgIpc) is 1.67. The van der Waals surface area contributed by atoms with Gasteiger partial charge in [-0.1, -0.05) is 18.3 Å². The van der Waals surface area contributed by atoms with Crippen molar-refractivity contribution in [3.05, 3.63) is 12.7 Å². The van der Waals surface area contributed by atoms with Gasteiger partial charge in [0.2, 0.25) is 0 Å². The Hall–Kier alpha value is -0.370. The summed E-state index contributed by atoms with van der Waals surface area (Å²) in [5.74, 6) is 0. The second-order valence-corrected chi connectivity index (χ2v) is 2.28. The van der Waals surface area contributed by atoms with Crippen LogP contribution >= 0.6 is 12.2 Å². The van der Waals surface area contributed by atoms with Gasteiger partial charge in [0.05, 0.1) is 4.99 Å². The van der Waals surface area contributed by atoms with E-state index in [4.69, 9.17) is 12.2 Å². The number of rotatable bonds is 2. The summed E-state index contributed by atoms with van der Waals surface area (Å²) in [5.41, 5.74) is 0. The molecular formula is C6H11NS. The Labute approximate surface area is 56.0 Å². The number of thiocarbonyl (C=S) groups is 1. The molecule has 0 N–H and O–H groups in total. The molecular weight excluding hydrogens is 118 g/mol. The predicted octanol–water partition coefficient (Wildman–Crippen LogP) is 1.45. The van der Waals surface area contributed by atoms with E-state index < -0.39 is 0 Å². The van der Waals surface area contributed by atoms with Crippen LogP contribution in [0.4, 0.5) is 0 Å². The molecule has 0 spiro atoms. The van der Waals surface area contributed by atoms with Crippen LogP contribution in [0, 0.1) is 0 Å². The first kappa shape index (κ1) is 7.63. The zero-order chi connectivity index (χ0) is 6.57. The molecule has 0 aliphatic carbocycles. The Kier molecular flexibility index (Phi) is 3.44. The largest absolute Gasteiger partial charge is 0.366 e. The summed E-state index contributed by atoms with van der Waals surface area (Å²) in [7, 11) is 1.95. The number of nitrogens with zero attached hydrogens (tertiary/aromatic N) is 1. The van der Waals surface area contributed by atoms with Crippen molar-refractivity contribution in [1.29, 1.82) is 0 Å². The van der Waals surface area contributed by atoms with Gasteiger partial charge in [0, 0.05) is 13.6 Å². The summed E-state index contributed by atoms with van der Waals surface area (Å²) in [6.07, 6.45) is 1.83. The molecule has 0 heterocycles. The summed E-state index contributed by atoms with van der Waals surface area (Å²) < 4.78 is 0. The molecule has 0 unspecified atom stereocenters. The first-order valence-electron chi connectivity index (χ1n) is 2.51. The molecule has 2 heteroatoms. The lowest BCUT2D eigenvalue weighted by molar-refractivity contribution is 0.572. The van der Waals surface area contributed by atoms with Gasteiger partial charge in [-0.15, -0.1) is 6.58 Å². The van der Waals surface area contributed by atoms with E-state index in [9.17, 15) is 0 Å². The highest BCUT2D eigenvalue weighted by molar-refractivity contribution is 7.80. The average molecular weight is 129 g/mol. The second-order valence-electron chi connectivity index (χ2n) is 1.69. The van der Waals surface area contributed by atoms with E-state index in [2.05, 4.69) is 6.58 Å². The fourth-order valence-corrected chi connectivity index (χ4v) is 0.397. The Morgan fingerprint density at radius 1 is 1.88 bits per heavy atom. The zero-order valence-electron chi connectivity index (χ0n) is 5.35. The third-order valence-electron chi connectivity index (χ3n) is 0.941. The Morgan fingerprint density at radius 3 is 2.50 bits per heavy atom. The van der Waals surface area contributed by atoms with E-state index in [-0.39, 0.29) is 0 Å². The van der Waals surface area contributed by atoms with E-state index in [1.54, 1.807) is 0 Å². The molecule has 1 nitrogen and oxygen atoms in total. The van der Waals surface area contributed by atoms with Gasteiger partial charge in [0.15, 0.2) is 0 Å². The lowest BCUT2D eigenvalue weighted by Gasteiger charge is -2.13. The number of likely N-dealkylation sites (N-methyl/N-ethyl adjacent to an activating group) is 1. The quantitative estimate of drug-likeness (QED) is 0.410. The predicted molar refractivity (Wildman–Crippen MR) is 41.1 cm³/mol. The van der Waals surface area contributed by atoms with Gasteiger partial charge in [-0.3, -0.25) is 0 Å². The molecule has 0 amide bonds. The van der Waals surface area contributed by atoms with Gasteiger partial charge in [0.1, 0.15) is 0 Å². The van der Waals surface area contributed by atoms with E-state index in [1.165, 1.54) is 0 Å². The molecule has 0 fully saturated rings. The molecule has 0 atom stereocenters. The van der Waals surface area contributed by atoms with Crippen molar-refractivity contribution in [1.82, 2.24) is 4.90 Å². The van der Waals surface area contributed by atoms with Crippen molar-refractivity contribution < 1.29 is 0 Å². The molecule has 0 saturated carbocycles. The molecule has 8 heavy (non-hydrogen) atoms. The van der Waals surface area contributed by atoms with Gasteiger partial charge < -0.3 is 4.90 Å². The first-order chi connectivity index (χ1) is 3.68. The van der Waals surface area contributed by atoms with Crippen molar-refractivity contribution in [2.24, 2.45) is 0 Å². The van der Waals surface area contributed by atoms with Crippen LogP contribution in [0.1, 0.15) is 6.92 Å². The normalized spacial score (nSPS) is 8.25. The highest BCUT2D eigenvalue weighted by Crippen LogP contribution is 1.84. The summed E-state index contributed by atoms with van der Waals surface area (Å²) in [6.45, 7) is 6.33. The first-order valence-corrected chi connectivity index (χ1v) is 2.92. The van der Waals surface area contributed by atoms with E-state index >= 15 is 0 Å². The van der Waals surface area contributed by atoms with Crippen molar-refractivity contribution in [3.8, 4) is 0 Å². The Morgan fingerprint density at radius 2 is 2.38 bits per heavy atom. The minimum atomic E-state index is 0.843. The maximum absolute atomic E-state index is 4.86. The number of hydrogen-bond donors (Lipinski definition) is 0.